The highest BCUT2D eigenvalue weighted by atomic mass is 16.5. The van der Waals surface area contributed by atoms with Crippen LogP contribution in [0, 0.1) is 0 Å². The van der Waals surface area contributed by atoms with Crippen molar-refractivity contribution in [1.29, 1.82) is 0 Å². The lowest BCUT2D eigenvalue weighted by Gasteiger charge is -2.19. The van der Waals surface area contributed by atoms with Gasteiger partial charge in [-0.2, -0.15) is 0 Å². The van der Waals surface area contributed by atoms with Crippen LogP contribution >= 0.6 is 0 Å². The molecule has 7 heteroatoms. The molecule has 1 aliphatic rings. The second-order valence-electron chi connectivity index (χ2n) is 6.48. The number of hydrogen-bond donors (Lipinski definition) is 3. The molecule has 1 fully saturated rings. The number of carbonyl (C=O) groups is 1. The molecule has 150 valence electrons. The molecular weight excluding hydrogens is 344 g/mol. The van der Waals surface area contributed by atoms with Gasteiger partial charge in [-0.25, -0.2) is 4.99 Å². The van der Waals surface area contributed by atoms with Crippen LogP contribution in [0.3, 0.4) is 0 Å². The third-order valence-corrected chi connectivity index (χ3v) is 4.41. The van der Waals surface area contributed by atoms with E-state index in [-0.39, 0.29) is 18.6 Å². The molecule has 0 aromatic heterocycles. The molecule has 1 amide bonds. The molecular formula is C20H32N4O3. The minimum atomic E-state index is -0.0604. The molecule has 1 saturated carbocycles. The maximum atomic E-state index is 11.7. The number of carbonyl (C=O) groups excluding carboxylic acids is 1. The number of amides is 1. The summed E-state index contributed by atoms with van der Waals surface area (Å²) in [6.45, 7) is 5.83. The Kier molecular flexibility index (Phi) is 8.74. The molecule has 0 spiro atoms. The van der Waals surface area contributed by atoms with Gasteiger partial charge in [-0.15, -0.1) is 0 Å². The smallest absolute Gasteiger partial charge is 0.239 e. The Morgan fingerprint density at radius 1 is 1.15 bits per heavy atom. The van der Waals surface area contributed by atoms with E-state index in [9.17, 15) is 4.79 Å². The molecule has 0 aliphatic heterocycles. The zero-order valence-corrected chi connectivity index (χ0v) is 16.6. The Balaban J connectivity index is 2.10. The van der Waals surface area contributed by atoms with Crippen molar-refractivity contribution in [2.45, 2.75) is 52.2 Å². The summed E-state index contributed by atoms with van der Waals surface area (Å²) in [5.41, 5.74) is 0.969. The summed E-state index contributed by atoms with van der Waals surface area (Å²) >= 11 is 0. The van der Waals surface area contributed by atoms with Gasteiger partial charge in [-0.3, -0.25) is 4.79 Å². The van der Waals surface area contributed by atoms with Crippen molar-refractivity contribution in [3.63, 3.8) is 0 Å². The van der Waals surface area contributed by atoms with Crippen LogP contribution in [0.25, 0.3) is 0 Å². The van der Waals surface area contributed by atoms with Crippen molar-refractivity contribution in [3.05, 3.63) is 23.8 Å². The van der Waals surface area contributed by atoms with Crippen LogP contribution in [-0.2, 0) is 11.3 Å². The first-order valence-corrected chi connectivity index (χ1v) is 9.79. The largest absolute Gasteiger partial charge is 0.493 e. The van der Waals surface area contributed by atoms with E-state index in [1.54, 1.807) is 7.11 Å². The Labute approximate surface area is 161 Å². The predicted octanol–water partition coefficient (Wildman–Crippen LogP) is 2.21. The fourth-order valence-corrected chi connectivity index (χ4v) is 3.08. The molecule has 0 heterocycles. The third-order valence-electron chi connectivity index (χ3n) is 4.41. The molecule has 0 bridgehead atoms. The van der Waals surface area contributed by atoms with Crippen LogP contribution in [0.4, 0.5) is 0 Å². The van der Waals surface area contributed by atoms with E-state index in [0.29, 0.717) is 25.6 Å². The Hall–Kier alpha value is -2.44. The molecule has 0 unspecified atom stereocenters. The highest BCUT2D eigenvalue weighted by Crippen LogP contribution is 2.35. The van der Waals surface area contributed by atoms with Crippen LogP contribution in [-0.4, -0.2) is 44.7 Å². The number of benzene rings is 1. The Morgan fingerprint density at radius 2 is 1.89 bits per heavy atom. The third kappa shape index (κ3) is 6.66. The van der Waals surface area contributed by atoms with E-state index in [4.69, 9.17) is 9.47 Å². The van der Waals surface area contributed by atoms with E-state index in [0.717, 1.165) is 29.9 Å². The Morgan fingerprint density at radius 3 is 2.56 bits per heavy atom. The number of rotatable bonds is 9. The second-order valence-corrected chi connectivity index (χ2v) is 6.48. The summed E-state index contributed by atoms with van der Waals surface area (Å²) in [7, 11) is 1.65. The lowest BCUT2D eigenvalue weighted by molar-refractivity contribution is -0.119. The van der Waals surface area contributed by atoms with E-state index in [2.05, 4.69) is 20.9 Å². The van der Waals surface area contributed by atoms with Gasteiger partial charge in [0.05, 0.1) is 26.3 Å². The predicted molar refractivity (Wildman–Crippen MR) is 107 cm³/mol. The minimum absolute atomic E-state index is 0.0604. The van der Waals surface area contributed by atoms with E-state index >= 15 is 0 Å². The minimum Gasteiger partial charge on any atom is -0.493 e. The van der Waals surface area contributed by atoms with Gasteiger partial charge < -0.3 is 25.4 Å². The molecule has 0 atom stereocenters. The number of methoxy groups -OCH3 is 1. The fraction of sp³-hybridized carbons (Fsp3) is 0.600. The summed E-state index contributed by atoms with van der Waals surface area (Å²) < 4.78 is 11.8. The van der Waals surface area contributed by atoms with Gasteiger partial charge in [-0.05, 0) is 45.6 Å². The average Bonchev–Trinajstić information content (AvgIpc) is 3.18. The zero-order valence-electron chi connectivity index (χ0n) is 16.6. The van der Waals surface area contributed by atoms with Gasteiger partial charge in [0.25, 0.3) is 0 Å². The van der Waals surface area contributed by atoms with E-state index in [1.165, 1.54) is 12.8 Å². The summed E-state index contributed by atoms with van der Waals surface area (Å²) in [5, 5.41) is 8.97. The van der Waals surface area contributed by atoms with Crippen LogP contribution in [0.2, 0.25) is 0 Å². The highest BCUT2D eigenvalue weighted by Gasteiger charge is 2.20. The van der Waals surface area contributed by atoms with Crippen LogP contribution < -0.4 is 25.4 Å². The Bertz CT molecular complexity index is 628. The average molecular weight is 377 g/mol. The fourth-order valence-electron chi connectivity index (χ4n) is 3.08. The number of para-hydroxylation sites is 1. The maximum Gasteiger partial charge on any atom is 0.239 e. The van der Waals surface area contributed by atoms with Crippen molar-refractivity contribution in [1.82, 2.24) is 16.0 Å². The molecule has 1 aliphatic carbocycles. The number of likely N-dealkylation sites (N-methyl/N-ethyl adjacent to an activating group) is 1. The number of aliphatic imine (C=N–C) groups is 1. The van der Waals surface area contributed by atoms with Gasteiger partial charge in [-0.1, -0.05) is 12.1 Å². The van der Waals surface area contributed by atoms with Gasteiger partial charge in [0, 0.05) is 18.7 Å². The standard InChI is InChI=1S/C20H32N4O3/c1-4-21-18(25)14-24-20(22-5-2)23-13-15-9-8-12-17(26-3)19(15)27-16-10-6-7-11-16/h8-9,12,16H,4-7,10-11,13-14H2,1-3H3,(H,21,25)(H2,22,23,24). The van der Waals surface area contributed by atoms with Crippen LogP contribution in [0.5, 0.6) is 11.5 Å². The summed E-state index contributed by atoms with van der Waals surface area (Å²) in [6.07, 6.45) is 4.83. The second kappa shape index (κ2) is 11.3. The van der Waals surface area contributed by atoms with Crippen LogP contribution in [0.15, 0.2) is 23.2 Å². The zero-order chi connectivity index (χ0) is 19.5. The number of nitrogens with zero attached hydrogens (tertiary/aromatic N) is 1. The number of hydrogen-bond acceptors (Lipinski definition) is 4. The number of nitrogens with one attached hydrogen (secondary N) is 3. The molecule has 7 nitrogen and oxygen atoms in total. The molecule has 27 heavy (non-hydrogen) atoms. The summed E-state index contributed by atoms with van der Waals surface area (Å²) in [5.74, 6) is 2.04. The molecule has 1 aromatic rings. The first-order valence-electron chi connectivity index (χ1n) is 9.79. The molecule has 0 radical (unpaired) electrons. The quantitative estimate of drug-likeness (QED) is 0.455. The van der Waals surface area contributed by atoms with Gasteiger partial charge >= 0.3 is 0 Å². The number of ether oxygens (including phenoxy) is 2. The first-order chi connectivity index (χ1) is 13.2. The van der Waals surface area contributed by atoms with Gasteiger partial charge in [0.1, 0.15) is 0 Å². The normalized spacial score (nSPS) is 14.7. The van der Waals surface area contributed by atoms with Gasteiger partial charge in [0.15, 0.2) is 17.5 Å². The summed E-state index contributed by atoms with van der Waals surface area (Å²) in [4.78, 5) is 16.3. The van der Waals surface area contributed by atoms with Crippen molar-refractivity contribution in [2.24, 2.45) is 4.99 Å². The lowest BCUT2D eigenvalue weighted by Crippen LogP contribution is -2.43. The monoisotopic (exact) mass is 376 g/mol. The lowest BCUT2D eigenvalue weighted by atomic mass is 10.1. The van der Waals surface area contributed by atoms with Gasteiger partial charge in [0.2, 0.25) is 5.91 Å². The number of guanidine groups is 1. The topological polar surface area (TPSA) is 84.0 Å². The first kappa shape index (κ1) is 20.9. The molecule has 2 rings (SSSR count). The van der Waals surface area contributed by atoms with Crippen molar-refractivity contribution in [2.75, 3.05) is 26.7 Å². The van der Waals surface area contributed by atoms with E-state index in [1.807, 2.05) is 32.0 Å². The molecule has 0 saturated heterocycles. The SMILES string of the molecule is CCNC(=O)CNC(=NCc1cccc(OC)c1OC1CCCC1)NCC. The van der Waals surface area contributed by atoms with Crippen LogP contribution in [0.1, 0.15) is 45.1 Å². The van der Waals surface area contributed by atoms with Crippen molar-refractivity contribution in [3.8, 4) is 11.5 Å². The molecule has 3 N–H and O–H groups in total. The maximum absolute atomic E-state index is 11.7. The van der Waals surface area contributed by atoms with E-state index < -0.39 is 0 Å². The molecule has 1 aromatic carbocycles. The highest BCUT2D eigenvalue weighted by molar-refractivity contribution is 5.86. The van der Waals surface area contributed by atoms with Crippen molar-refractivity contribution >= 4 is 11.9 Å². The van der Waals surface area contributed by atoms with Crippen molar-refractivity contribution < 1.29 is 14.3 Å². The summed E-state index contributed by atoms with van der Waals surface area (Å²) in [6, 6.07) is 5.86.